The van der Waals surface area contributed by atoms with Crippen LogP contribution in [0.25, 0.3) is 0 Å². The molecule has 5 atom stereocenters. The van der Waals surface area contributed by atoms with Gasteiger partial charge in [0.2, 0.25) is 0 Å². The molecule has 7 heteroatoms. The van der Waals surface area contributed by atoms with E-state index in [1.165, 1.54) is 0 Å². The second-order valence-corrected chi connectivity index (χ2v) is 18.1. The molecule has 0 saturated carbocycles. The van der Waals surface area contributed by atoms with Crippen molar-refractivity contribution in [1.82, 2.24) is 0 Å². The molecule has 0 amide bonds. The lowest BCUT2D eigenvalue weighted by molar-refractivity contribution is -0.129. The average Bonchev–Trinajstić information content (AvgIpc) is 2.72. The molecule has 1 aliphatic rings. The molecule has 1 aromatic rings. The van der Waals surface area contributed by atoms with Crippen molar-refractivity contribution in [1.29, 1.82) is 0 Å². The molecule has 1 aromatic carbocycles. The lowest BCUT2D eigenvalue weighted by Crippen LogP contribution is -2.58. The third-order valence-corrected chi connectivity index (χ3v) is 14.6. The molecule has 2 unspecified atom stereocenters. The zero-order valence-electron chi connectivity index (χ0n) is 21.9. The van der Waals surface area contributed by atoms with Gasteiger partial charge in [-0.1, -0.05) is 58.9 Å². The van der Waals surface area contributed by atoms with Crippen LogP contribution in [0.2, 0.25) is 18.1 Å². The average molecular weight is 497 g/mol. The number of hydrogen-bond donors (Lipinski definition) is 1. The van der Waals surface area contributed by atoms with Gasteiger partial charge in [-0.25, -0.2) is 8.42 Å². The van der Waals surface area contributed by atoms with Gasteiger partial charge < -0.3 is 14.3 Å². The van der Waals surface area contributed by atoms with Gasteiger partial charge in [0.25, 0.3) is 0 Å². The second-order valence-electron chi connectivity index (χ2n) is 11.3. The molecule has 33 heavy (non-hydrogen) atoms. The number of hydrogen-bond acceptors (Lipinski definition) is 5. The first kappa shape index (κ1) is 28.2. The van der Waals surface area contributed by atoms with Gasteiger partial charge in [0.1, 0.15) is 10.9 Å². The molecule has 1 heterocycles. The molecule has 0 saturated heterocycles. The molecular formula is C26H44O5SSi. The zero-order chi connectivity index (χ0) is 25.2. The Morgan fingerprint density at radius 3 is 2.27 bits per heavy atom. The molecule has 2 rings (SSSR count). The molecule has 1 aliphatic heterocycles. The summed E-state index contributed by atoms with van der Waals surface area (Å²) in [6.07, 6.45) is 2.58. The topological polar surface area (TPSA) is 72.8 Å². The van der Waals surface area contributed by atoms with Gasteiger partial charge in [-0.3, -0.25) is 0 Å². The number of aliphatic hydroxyl groups is 1. The van der Waals surface area contributed by atoms with Crippen LogP contribution in [-0.4, -0.2) is 51.5 Å². The molecule has 0 radical (unpaired) electrons. The lowest BCUT2D eigenvalue weighted by Gasteiger charge is -2.45. The highest BCUT2D eigenvalue weighted by atomic mass is 32.2. The van der Waals surface area contributed by atoms with Crippen LogP contribution in [0.15, 0.2) is 46.9 Å². The normalized spacial score (nSPS) is 24.0. The van der Waals surface area contributed by atoms with E-state index in [0.717, 1.165) is 12.0 Å². The summed E-state index contributed by atoms with van der Waals surface area (Å²) in [5.41, 5.74) is -0.475. The van der Waals surface area contributed by atoms with Crippen molar-refractivity contribution >= 4 is 18.2 Å². The van der Waals surface area contributed by atoms with E-state index in [4.69, 9.17) is 9.16 Å². The third-order valence-electron chi connectivity index (χ3n) is 7.53. The summed E-state index contributed by atoms with van der Waals surface area (Å²) < 4.78 is 40.5. The van der Waals surface area contributed by atoms with E-state index >= 15 is 0 Å². The van der Waals surface area contributed by atoms with E-state index in [2.05, 4.69) is 39.9 Å². The number of ether oxygens (including phenoxy) is 1. The van der Waals surface area contributed by atoms with Crippen molar-refractivity contribution in [2.24, 2.45) is 5.92 Å². The van der Waals surface area contributed by atoms with Crippen molar-refractivity contribution in [3.63, 3.8) is 0 Å². The Morgan fingerprint density at radius 2 is 1.76 bits per heavy atom. The molecule has 5 nitrogen and oxygen atoms in total. The van der Waals surface area contributed by atoms with Crippen LogP contribution in [0.5, 0.6) is 0 Å². The molecule has 0 aromatic heterocycles. The highest BCUT2D eigenvalue weighted by Crippen LogP contribution is 2.40. The predicted octanol–water partition coefficient (Wildman–Crippen LogP) is 5.75. The Kier molecular flexibility index (Phi) is 8.84. The molecule has 1 N–H and O–H groups in total. The summed E-state index contributed by atoms with van der Waals surface area (Å²) in [6, 6.07) is 8.41. The molecule has 0 bridgehead atoms. The quantitative estimate of drug-likeness (QED) is 0.348. The van der Waals surface area contributed by atoms with Crippen LogP contribution in [0.4, 0.5) is 0 Å². The van der Waals surface area contributed by atoms with E-state index in [1.54, 1.807) is 37.3 Å². The summed E-state index contributed by atoms with van der Waals surface area (Å²) >= 11 is 0. The molecular weight excluding hydrogens is 452 g/mol. The second kappa shape index (κ2) is 10.3. The highest BCUT2D eigenvalue weighted by Gasteiger charge is 2.52. The molecule has 188 valence electrons. The van der Waals surface area contributed by atoms with E-state index in [-0.39, 0.29) is 22.6 Å². The van der Waals surface area contributed by atoms with Gasteiger partial charge in [-0.05, 0) is 68.4 Å². The van der Waals surface area contributed by atoms with Crippen molar-refractivity contribution in [2.75, 3.05) is 6.61 Å². The summed E-state index contributed by atoms with van der Waals surface area (Å²) in [4.78, 5) is 0.212. The Labute approximate surface area is 202 Å². The number of rotatable bonds is 9. The summed E-state index contributed by atoms with van der Waals surface area (Å²) in [5, 5.41) is 10.8. The summed E-state index contributed by atoms with van der Waals surface area (Å²) in [5.74, 6) is -0.435. The van der Waals surface area contributed by atoms with E-state index in [1.807, 2.05) is 20.8 Å². The van der Waals surface area contributed by atoms with Gasteiger partial charge >= 0.3 is 0 Å². The van der Waals surface area contributed by atoms with Crippen LogP contribution in [0, 0.1) is 5.92 Å². The maximum atomic E-state index is 13.9. The Hall–Kier alpha value is -0.993. The molecule has 0 aliphatic carbocycles. The molecule has 0 fully saturated rings. The van der Waals surface area contributed by atoms with Crippen molar-refractivity contribution < 1.29 is 22.7 Å². The van der Waals surface area contributed by atoms with Gasteiger partial charge in [0.15, 0.2) is 18.2 Å². The first-order valence-corrected chi connectivity index (χ1v) is 16.5. The fourth-order valence-electron chi connectivity index (χ4n) is 4.36. The fourth-order valence-corrected chi connectivity index (χ4v) is 7.77. The van der Waals surface area contributed by atoms with E-state index in [0.29, 0.717) is 6.42 Å². The summed E-state index contributed by atoms with van der Waals surface area (Å²) in [7, 11) is -5.96. The Balaban J connectivity index is 2.47. The Morgan fingerprint density at radius 1 is 1.18 bits per heavy atom. The third kappa shape index (κ3) is 6.17. The zero-order valence-corrected chi connectivity index (χ0v) is 23.7. The van der Waals surface area contributed by atoms with Crippen molar-refractivity contribution in [2.45, 2.75) is 107 Å². The van der Waals surface area contributed by atoms with Crippen LogP contribution >= 0.6 is 0 Å². The number of sulfone groups is 1. The van der Waals surface area contributed by atoms with E-state index in [9.17, 15) is 13.5 Å². The minimum absolute atomic E-state index is 0.00614. The SMILES string of the molecule is CC[C@H]1O[C@@H](C(C)(O)C([C@H](C)CO[Si](C)(C)C(C)(C)C)S(=O)(=O)c2ccccc2)CC=C1C. The monoisotopic (exact) mass is 496 g/mol. The fraction of sp³-hybridized carbons (Fsp3) is 0.692. The van der Waals surface area contributed by atoms with Crippen LogP contribution in [0.3, 0.4) is 0 Å². The molecule has 0 spiro atoms. The van der Waals surface area contributed by atoms with Crippen molar-refractivity contribution in [3.05, 3.63) is 42.0 Å². The highest BCUT2D eigenvalue weighted by molar-refractivity contribution is 7.92. The van der Waals surface area contributed by atoms with Gasteiger partial charge in [-0.15, -0.1) is 0 Å². The predicted molar refractivity (Wildman–Crippen MR) is 138 cm³/mol. The largest absolute Gasteiger partial charge is 0.417 e. The van der Waals surface area contributed by atoms with Crippen LogP contribution < -0.4 is 0 Å². The first-order chi connectivity index (χ1) is 15.1. The van der Waals surface area contributed by atoms with E-state index < -0.39 is 41.0 Å². The van der Waals surface area contributed by atoms with Crippen LogP contribution in [0.1, 0.15) is 61.3 Å². The van der Waals surface area contributed by atoms with Gasteiger partial charge in [-0.2, -0.15) is 0 Å². The Bertz CT molecular complexity index is 916. The van der Waals surface area contributed by atoms with Crippen molar-refractivity contribution in [3.8, 4) is 0 Å². The lowest BCUT2D eigenvalue weighted by atomic mass is 9.84. The van der Waals surface area contributed by atoms with Gasteiger partial charge in [0, 0.05) is 6.61 Å². The maximum Gasteiger partial charge on any atom is 0.191 e. The maximum absolute atomic E-state index is 13.9. The van der Waals surface area contributed by atoms with Crippen LogP contribution in [-0.2, 0) is 19.0 Å². The smallest absolute Gasteiger partial charge is 0.191 e. The number of benzene rings is 1. The minimum atomic E-state index is -3.86. The minimum Gasteiger partial charge on any atom is -0.417 e. The summed E-state index contributed by atoms with van der Waals surface area (Å²) in [6.45, 7) is 18.6. The van der Waals surface area contributed by atoms with Gasteiger partial charge in [0.05, 0.1) is 17.1 Å². The standard InChI is InChI=1S/C26H44O5SSi/c1-10-22-19(2)16-17-23(31-22)26(7,27)24(32(28,29)21-14-12-11-13-15-21)20(3)18-30-33(8,9)25(4,5)6/h11-16,20,22-24,27H,10,17-18H2,1-9H3/t20-,22-,23-,24?,26?/m1/s1. The first-order valence-electron chi connectivity index (χ1n) is 12.0.